The van der Waals surface area contributed by atoms with Gasteiger partial charge in [-0.25, -0.2) is 13.5 Å². The lowest BCUT2D eigenvalue weighted by atomic mass is 10.1. The molecule has 6 heteroatoms. The molecule has 1 aromatic heterocycles. The van der Waals surface area contributed by atoms with E-state index >= 15 is 0 Å². The van der Waals surface area contributed by atoms with E-state index < -0.39 is 0 Å². The molecule has 1 amide bonds. The number of amides is 1. The number of aromatic nitrogens is 2. The molecule has 0 fully saturated rings. The summed E-state index contributed by atoms with van der Waals surface area (Å²) in [6.07, 6.45) is 2.01. The largest absolute Gasteiger partial charge is 0.352 e. The molecule has 0 aliphatic rings. The molecule has 0 spiro atoms. The maximum Gasteiger partial charge on any atom is 0.224 e. The molecule has 0 aliphatic heterocycles. The lowest BCUT2D eigenvalue weighted by Crippen LogP contribution is -2.24. The number of para-hydroxylation sites is 1. The molecule has 0 radical (unpaired) electrons. The average Bonchev–Trinajstić information content (AvgIpc) is 3.19. The number of carbonyl (C=O) groups excluding carboxylic acids is 1. The first-order valence-electron chi connectivity index (χ1n) is 9.49. The summed E-state index contributed by atoms with van der Waals surface area (Å²) in [6.45, 7) is 0.263. The first-order chi connectivity index (χ1) is 14.6. The van der Waals surface area contributed by atoms with Crippen molar-refractivity contribution in [3.8, 4) is 16.9 Å². The van der Waals surface area contributed by atoms with Crippen LogP contribution in [0.25, 0.3) is 16.9 Å². The van der Waals surface area contributed by atoms with Gasteiger partial charge in [0.15, 0.2) is 0 Å². The van der Waals surface area contributed by atoms with Crippen LogP contribution < -0.4 is 5.32 Å². The molecule has 0 aliphatic carbocycles. The summed E-state index contributed by atoms with van der Waals surface area (Å²) in [4.78, 5) is 12.4. The summed E-state index contributed by atoms with van der Waals surface area (Å²) in [6, 6.07) is 21.5. The van der Waals surface area contributed by atoms with Crippen molar-refractivity contribution in [3.63, 3.8) is 0 Å². The summed E-state index contributed by atoms with van der Waals surface area (Å²) < 4.78 is 28.1. The van der Waals surface area contributed by atoms with Crippen molar-refractivity contribution in [2.24, 2.45) is 0 Å². The van der Waals surface area contributed by atoms with Crippen LogP contribution in [0.2, 0.25) is 0 Å². The van der Waals surface area contributed by atoms with Crippen molar-refractivity contribution in [1.82, 2.24) is 15.1 Å². The van der Waals surface area contributed by atoms with Crippen LogP contribution in [-0.4, -0.2) is 15.7 Å². The van der Waals surface area contributed by atoms with Crippen molar-refractivity contribution in [2.45, 2.75) is 13.0 Å². The van der Waals surface area contributed by atoms with Crippen LogP contribution in [0.1, 0.15) is 11.1 Å². The third-order valence-corrected chi connectivity index (χ3v) is 4.68. The molecule has 1 N–H and O–H groups in total. The average molecular weight is 403 g/mol. The molecule has 4 aromatic rings. The van der Waals surface area contributed by atoms with Crippen molar-refractivity contribution in [1.29, 1.82) is 0 Å². The third-order valence-electron chi connectivity index (χ3n) is 4.68. The van der Waals surface area contributed by atoms with E-state index in [1.54, 1.807) is 28.9 Å². The number of benzene rings is 3. The number of halogens is 2. The second-order valence-electron chi connectivity index (χ2n) is 6.87. The molecule has 150 valence electrons. The summed E-state index contributed by atoms with van der Waals surface area (Å²) in [5.41, 5.74) is 3.84. The number of hydrogen-bond donors (Lipinski definition) is 1. The molecule has 0 unspecified atom stereocenters. The van der Waals surface area contributed by atoms with E-state index in [4.69, 9.17) is 0 Å². The lowest BCUT2D eigenvalue weighted by molar-refractivity contribution is -0.120. The van der Waals surface area contributed by atoms with Crippen LogP contribution in [-0.2, 0) is 17.8 Å². The quantitative estimate of drug-likeness (QED) is 0.508. The molecule has 30 heavy (non-hydrogen) atoms. The van der Waals surface area contributed by atoms with Gasteiger partial charge in [-0.15, -0.1) is 0 Å². The van der Waals surface area contributed by atoms with Gasteiger partial charge in [-0.3, -0.25) is 4.79 Å². The fourth-order valence-electron chi connectivity index (χ4n) is 3.15. The van der Waals surface area contributed by atoms with Gasteiger partial charge in [-0.1, -0.05) is 30.3 Å². The molecular weight excluding hydrogens is 384 g/mol. The van der Waals surface area contributed by atoms with Crippen LogP contribution in [0.4, 0.5) is 8.78 Å². The van der Waals surface area contributed by atoms with E-state index in [0.717, 1.165) is 22.4 Å². The summed E-state index contributed by atoms with van der Waals surface area (Å²) in [7, 11) is 0. The van der Waals surface area contributed by atoms with Crippen molar-refractivity contribution >= 4 is 5.91 Å². The maximum atomic E-state index is 13.4. The SMILES string of the molecule is O=C(Cc1ccc(F)cc1)NCc1cn(-c2ccccc2)nc1-c1ccc(F)cc1. The first-order valence-corrected chi connectivity index (χ1v) is 9.49. The zero-order chi connectivity index (χ0) is 20.9. The zero-order valence-corrected chi connectivity index (χ0v) is 16.1. The normalized spacial score (nSPS) is 10.7. The van der Waals surface area contributed by atoms with E-state index in [2.05, 4.69) is 10.4 Å². The Kier molecular flexibility index (Phi) is 5.66. The number of rotatable bonds is 6. The monoisotopic (exact) mass is 403 g/mol. The minimum Gasteiger partial charge on any atom is -0.352 e. The van der Waals surface area contributed by atoms with Crippen LogP contribution in [0.5, 0.6) is 0 Å². The Morgan fingerprint density at radius 1 is 0.867 bits per heavy atom. The van der Waals surface area contributed by atoms with Gasteiger partial charge in [-0.2, -0.15) is 5.10 Å². The smallest absolute Gasteiger partial charge is 0.224 e. The molecule has 0 atom stereocenters. The lowest BCUT2D eigenvalue weighted by Gasteiger charge is -2.06. The molecular formula is C24H19F2N3O. The Morgan fingerprint density at radius 2 is 1.50 bits per heavy atom. The van der Waals surface area contributed by atoms with Gasteiger partial charge < -0.3 is 5.32 Å². The van der Waals surface area contributed by atoms with Gasteiger partial charge in [0, 0.05) is 23.9 Å². The Balaban J connectivity index is 1.56. The number of nitrogens with zero attached hydrogens (tertiary/aromatic N) is 2. The molecule has 0 saturated heterocycles. The van der Waals surface area contributed by atoms with Crippen LogP contribution in [0.3, 0.4) is 0 Å². The standard InChI is InChI=1S/C24H19F2N3O/c25-20-10-6-17(7-11-20)14-23(30)27-15-19-16-29(22-4-2-1-3-5-22)28-24(19)18-8-12-21(26)13-9-18/h1-13,16H,14-15H2,(H,27,30). The molecule has 1 heterocycles. The summed E-state index contributed by atoms with van der Waals surface area (Å²) in [5.74, 6) is -0.842. The number of nitrogens with one attached hydrogen (secondary N) is 1. The van der Waals surface area contributed by atoms with Crippen LogP contribution in [0.15, 0.2) is 85.1 Å². The molecule has 0 saturated carbocycles. The highest BCUT2D eigenvalue weighted by Crippen LogP contribution is 2.24. The fraction of sp³-hybridized carbons (Fsp3) is 0.0833. The zero-order valence-electron chi connectivity index (χ0n) is 16.1. The van der Waals surface area contributed by atoms with E-state index in [1.807, 2.05) is 36.5 Å². The second kappa shape index (κ2) is 8.69. The summed E-state index contributed by atoms with van der Waals surface area (Å²) >= 11 is 0. The molecule has 4 rings (SSSR count). The van der Waals surface area contributed by atoms with Crippen molar-refractivity contribution in [2.75, 3.05) is 0 Å². The van der Waals surface area contributed by atoms with Gasteiger partial charge in [-0.05, 0) is 54.1 Å². The highest BCUT2D eigenvalue weighted by atomic mass is 19.1. The third kappa shape index (κ3) is 4.60. The van der Waals surface area contributed by atoms with E-state index in [1.165, 1.54) is 24.3 Å². The van der Waals surface area contributed by atoms with Gasteiger partial charge in [0.05, 0.1) is 17.8 Å². The fourth-order valence-corrected chi connectivity index (χ4v) is 3.15. The maximum absolute atomic E-state index is 13.4. The first kappa shape index (κ1) is 19.5. The van der Waals surface area contributed by atoms with Gasteiger partial charge >= 0.3 is 0 Å². The number of carbonyl (C=O) groups is 1. The predicted molar refractivity (Wildman–Crippen MR) is 111 cm³/mol. The van der Waals surface area contributed by atoms with Gasteiger partial charge in [0.2, 0.25) is 5.91 Å². The van der Waals surface area contributed by atoms with E-state index in [9.17, 15) is 13.6 Å². The Labute approximate surface area is 172 Å². The molecule has 3 aromatic carbocycles. The van der Waals surface area contributed by atoms with Gasteiger partial charge in [0.1, 0.15) is 11.6 Å². The van der Waals surface area contributed by atoms with Crippen molar-refractivity contribution in [3.05, 3.63) is 108 Å². The highest BCUT2D eigenvalue weighted by Gasteiger charge is 2.14. The Hall–Kier alpha value is -3.80. The van der Waals surface area contributed by atoms with Crippen LogP contribution >= 0.6 is 0 Å². The Bertz CT molecular complexity index is 1140. The second-order valence-corrected chi connectivity index (χ2v) is 6.87. The molecule has 4 nitrogen and oxygen atoms in total. The minimum absolute atomic E-state index is 0.152. The summed E-state index contributed by atoms with van der Waals surface area (Å²) in [5, 5.41) is 7.54. The van der Waals surface area contributed by atoms with Gasteiger partial charge in [0.25, 0.3) is 0 Å². The highest BCUT2D eigenvalue weighted by molar-refractivity contribution is 5.78. The van der Waals surface area contributed by atoms with Crippen molar-refractivity contribution < 1.29 is 13.6 Å². The van der Waals surface area contributed by atoms with E-state index in [-0.39, 0.29) is 30.5 Å². The minimum atomic E-state index is -0.337. The van der Waals surface area contributed by atoms with E-state index in [0.29, 0.717) is 5.69 Å². The molecule has 0 bridgehead atoms. The predicted octanol–water partition coefficient (Wildman–Crippen LogP) is 4.68. The van der Waals surface area contributed by atoms with Crippen LogP contribution in [0, 0.1) is 11.6 Å². The topological polar surface area (TPSA) is 46.9 Å². The number of hydrogen-bond acceptors (Lipinski definition) is 2. The Morgan fingerprint density at radius 3 is 2.17 bits per heavy atom.